The maximum absolute atomic E-state index is 14.1. The number of carbonyl (C=O) groups excluding carboxylic acids is 1. The maximum atomic E-state index is 14.1. The lowest BCUT2D eigenvalue weighted by atomic mass is 9.73. The summed E-state index contributed by atoms with van der Waals surface area (Å²) >= 11 is 0. The Kier molecular flexibility index (Phi) is 11.4. The predicted molar refractivity (Wildman–Crippen MR) is 285 cm³/mol. The number of allylic oxidation sites excluding steroid dienone is 7. The number of fused-ring (bicyclic) bond motifs is 10. The molecule has 4 aromatic rings. The van der Waals surface area contributed by atoms with Gasteiger partial charge in [0.1, 0.15) is 27.3 Å². The average molecular weight is 1030 g/mol. The van der Waals surface area contributed by atoms with Crippen LogP contribution in [0.5, 0.6) is 0 Å². The van der Waals surface area contributed by atoms with E-state index in [4.69, 9.17) is 4.74 Å². The van der Waals surface area contributed by atoms with E-state index in [1.165, 1.54) is 29.5 Å². The van der Waals surface area contributed by atoms with Gasteiger partial charge in [0.2, 0.25) is 11.4 Å². The number of amides is 1. The maximum Gasteiger partial charge on any atom is 0.251 e. The van der Waals surface area contributed by atoms with Gasteiger partial charge >= 0.3 is 0 Å². The van der Waals surface area contributed by atoms with E-state index in [9.17, 15) is 30.7 Å². The summed E-state index contributed by atoms with van der Waals surface area (Å²) in [7, 11) is -7.13. The minimum atomic E-state index is -4.62. The molecule has 384 valence electrons. The van der Waals surface area contributed by atoms with Crippen molar-refractivity contribution in [1.29, 1.82) is 0 Å². The van der Waals surface area contributed by atoms with Gasteiger partial charge in [0.15, 0.2) is 18.0 Å². The molecule has 1 N–H and O–H groups in total. The zero-order valence-electron chi connectivity index (χ0n) is 43.7. The number of ether oxygens (including phenoxy) is 1. The molecular weight excluding hydrogens is 971 g/mol. The molecule has 7 heterocycles. The number of likely N-dealkylation sites (N-methyl/N-ethyl adjacent to an activating group) is 1. The normalized spacial score (nSPS) is 23.2. The minimum absolute atomic E-state index is 0.0824. The molecule has 0 spiro atoms. The molecule has 0 fully saturated rings. The first kappa shape index (κ1) is 50.0. The fourth-order valence-corrected chi connectivity index (χ4v) is 14.3. The molecule has 1 amide bonds. The van der Waals surface area contributed by atoms with Crippen LogP contribution >= 0.6 is 0 Å². The molecule has 4 aromatic carbocycles. The number of nitrogens with one attached hydrogen (secondary N) is 1. The van der Waals surface area contributed by atoms with Crippen molar-refractivity contribution in [2.24, 2.45) is 0 Å². The topological polar surface area (TPSA) is 165 Å². The molecule has 74 heavy (non-hydrogen) atoms. The molecular formula is C59H63N5O8S2. The fraction of sp³-hybridized carbons (Fsp3) is 0.373. The molecule has 0 aliphatic carbocycles. The van der Waals surface area contributed by atoms with E-state index in [0.717, 1.165) is 99.2 Å². The summed E-state index contributed by atoms with van der Waals surface area (Å²) in [5.74, 6) is -0.148. The largest absolute Gasteiger partial charge is 0.744 e. The van der Waals surface area contributed by atoms with Crippen molar-refractivity contribution in [1.82, 2.24) is 5.32 Å². The van der Waals surface area contributed by atoms with Gasteiger partial charge in [0.05, 0.1) is 32.8 Å². The van der Waals surface area contributed by atoms with Crippen LogP contribution in [0.3, 0.4) is 0 Å². The molecule has 0 saturated heterocycles. The van der Waals surface area contributed by atoms with Crippen LogP contribution in [0.15, 0.2) is 142 Å². The van der Waals surface area contributed by atoms with E-state index in [1.54, 1.807) is 18.2 Å². The summed E-state index contributed by atoms with van der Waals surface area (Å²) in [5.41, 5.74) is 14.3. The van der Waals surface area contributed by atoms with Crippen LogP contribution in [-0.2, 0) is 53.2 Å². The van der Waals surface area contributed by atoms with Crippen molar-refractivity contribution in [3.8, 4) is 0 Å². The third kappa shape index (κ3) is 7.58. The van der Waals surface area contributed by atoms with Gasteiger partial charge in [-0.15, -0.1) is 0 Å². The van der Waals surface area contributed by atoms with Gasteiger partial charge in [0.25, 0.3) is 5.91 Å². The SMILES string of the molecule is CCN1\C(=C/C=C/C=C/C2=[N+](C)c3ccc(CNC(=O)c4ccc5c(c4)C(C)(C)C4=[N+]5CCC5OC6CCN7C(=C6C=C45)C(C)(C)c4cc(S(=O)(=O)[O-])ccc47)cc3C2(C)C)C(C)(C)c2cc(S(=O)(=O)[O-])ccc21. The molecule has 0 aromatic heterocycles. The third-order valence-corrected chi connectivity index (χ3v) is 18.7. The zero-order valence-corrected chi connectivity index (χ0v) is 45.3. The predicted octanol–water partition coefficient (Wildman–Crippen LogP) is 9.17. The first-order valence-electron chi connectivity index (χ1n) is 25.5. The third-order valence-electron chi connectivity index (χ3n) is 17.0. The van der Waals surface area contributed by atoms with E-state index < -0.39 is 36.5 Å². The van der Waals surface area contributed by atoms with Gasteiger partial charge in [-0.3, -0.25) is 4.79 Å². The Morgan fingerprint density at radius 1 is 0.743 bits per heavy atom. The standard InChI is InChI=1S/C59H63N5O8S2/c1-11-62-46-23-19-37(73(66,67)68)31-43(46)57(4,5)52(62)16-14-12-13-15-51-56(2,3)41-29-35(17-21-45(41)61(51)10)34-60-55(65)36-18-22-47-42(30-36)58(6,7)53-39-33-40-50(72-49(39)25-27-63(47)53)26-28-64-48-24-20-38(74(69,70)71)32-44(48)59(8,9)54(40)64/h12-24,29-33,49-50H,11,25-28,34H2,1-10H3,(H-2,60,65,66,67,68,69,70,71). The van der Waals surface area contributed by atoms with Crippen LogP contribution in [0.25, 0.3) is 0 Å². The highest BCUT2D eigenvalue weighted by atomic mass is 32.2. The van der Waals surface area contributed by atoms with Crippen LogP contribution in [0.1, 0.15) is 113 Å². The van der Waals surface area contributed by atoms with Gasteiger partial charge < -0.3 is 29.0 Å². The molecule has 7 aliphatic rings. The summed E-state index contributed by atoms with van der Waals surface area (Å²) in [6, 6.07) is 21.8. The average Bonchev–Trinajstić information content (AvgIpc) is 3.90. The highest BCUT2D eigenvalue weighted by Gasteiger charge is 2.55. The second-order valence-corrected chi connectivity index (χ2v) is 25.5. The molecule has 0 bridgehead atoms. The first-order chi connectivity index (χ1) is 34.8. The van der Waals surface area contributed by atoms with Gasteiger partial charge in [-0.05, 0) is 124 Å². The molecule has 0 saturated carbocycles. The second-order valence-electron chi connectivity index (χ2n) is 22.8. The Bertz CT molecular complexity index is 3650. The Labute approximate surface area is 435 Å². The summed E-state index contributed by atoms with van der Waals surface area (Å²) in [6.45, 7) is 21.8. The van der Waals surface area contributed by atoms with Crippen LogP contribution in [0.4, 0.5) is 22.7 Å². The van der Waals surface area contributed by atoms with Gasteiger partial charge in [-0.2, -0.15) is 9.15 Å². The number of rotatable bonds is 9. The van der Waals surface area contributed by atoms with Gasteiger partial charge in [0, 0.05) is 106 Å². The lowest BCUT2D eigenvalue weighted by molar-refractivity contribution is -0.445. The number of anilines is 2. The van der Waals surface area contributed by atoms with Crippen molar-refractivity contribution in [3.63, 3.8) is 0 Å². The lowest BCUT2D eigenvalue weighted by Gasteiger charge is -2.42. The van der Waals surface area contributed by atoms with Crippen molar-refractivity contribution in [2.75, 3.05) is 36.5 Å². The van der Waals surface area contributed by atoms with E-state index in [2.05, 4.69) is 115 Å². The van der Waals surface area contributed by atoms with Crippen LogP contribution in [0, 0.1) is 0 Å². The van der Waals surface area contributed by atoms with Gasteiger partial charge in [-0.25, -0.2) is 16.8 Å². The quantitative estimate of drug-likeness (QED) is 0.0971. The molecule has 7 aliphatic heterocycles. The Morgan fingerprint density at radius 3 is 2.09 bits per heavy atom. The van der Waals surface area contributed by atoms with E-state index >= 15 is 0 Å². The number of hydrogen-bond acceptors (Lipinski definition) is 10. The molecule has 11 rings (SSSR count). The monoisotopic (exact) mass is 1030 g/mol. The molecule has 2 atom stereocenters. The van der Waals surface area contributed by atoms with Crippen molar-refractivity contribution in [2.45, 2.75) is 125 Å². The van der Waals surface area contributed by atoms with E-state index in [1.807, 2.05) is 51.1 Å². The molecule has 13 nitrogen and oxygen atoms in total. The van der Waals surface area contributed by atoms with Crippen LogP contribution in [-0.4, -0.2) is 91.3 Å². The lowest BCUT2D eigenvalue weighted by Crippen LogP contribution is -2.47. The number of carbonyl (C=O) groups is 1. The van der Waals surface area contributed by atoms with Crippen molar-refractivity contribution < 1.29 is 44.6 Å². The highest BCUT2D eigenvalue weighted by Crippen LogP contribution is 2.55. The Morgan fingerprint density at radius 2 is 1.41 bits per heavy atom. The smallest absolute Gasteiger partial charge is 0.251 e. The van der Waals surface area contributed by atoms with E-state index in [0.29, 0.717) is 18.7 Å². The molecule has 2 unspecified atom stereocenters. The summed E-state index contributed by atoms with van der Waals surface area (Å²) in [4.78, 5) is 18.1. The zero-order chi connectivity index (χ0) is 52.8. The highest BCUT2D eigenvalue weighted by molar-refractivity contribution is 7.86. The summed E-state index contributed by atoms with van der Waals surface area (Å²) in [5, 5.41) is 3.22. The van der Waals surface area contributed by atoms with E-state index in [-0.39, 0.29) is 33.3 Å². The Hall–Kier alpha value is -6.23. The molecule has 15 heteroatoms. The first-order valence-corrected chi connectivity index (χ1v) is 28.3. The number of benzene rings is 4. The summed E-state index contributed by atoms with van der Waals surface area (Å²) < 4.78 is 83.4. The van der Waals surface area contributed by atoms with Crippen LogP contribution < -0.4 is 15.1 Å². The van der Waals surface area contributed by atoms with Crippen LogP contribution in [0.2, 0.25) is 0 Å². The Balaban J connectivity index is 0.789. The second kappa shape index (κ2) is 16.9. The van der Waals surface area contributed by atoms with Gasteiger partial charge in [-0.1, -0.05) is 52.0 Å². The molecule has 0 radical (unpaired) electrons. The minimum Gasteiger partial charge on any atom is -0.744 e. The number of nitrogens with zero attached hydrogens (tertiary/aromatic N) is 4. The van der Waals surface area contributed by atoms with Crippen molar-refractivity contribution in [3.05, 3.63) is 165 Å². The summed E-state index contributed by atoms with van der Waals surface area (Å²) in [6.07, 6.45) is 14.0. The van der Waals surface area contributed by atoms with Crippen molar-refractivity contribution >= 4 is 60.3 Å². The number of hydrogen-bond donors (Lipinski definition) is 1. The fourth-order valence-electron chi connectivity index (χ4n) is 13.4.